The van der Waals surface area contributed by atoms with E-state index in [-0.39, 0.29) is 24.4 Å². The molecule has 0 saturated carbocycles. The van der Waals surface area contributed by atoms with Crippen LogP contribution < -0.4 is 5.73 Å². The lowest BCUT2D eigenvalue weighted by atomic mass is 10.0. The van der Waals surface area contributed by atoms with Crippen molar-refractivity contribution < 1.29 is 9.18 Å². The summed E-state index contributed by atoms with van der Waals surface area (Å²) < 4.78 is 13.7. The molecule has 1 amide bonds. The van der Waals surface area contributed by atoms with Gasteiger partial charge in [0, 0.05) is 23.6 Å². The number of hydrogen-bond donors (Lipinski definition) is 1. The van der Waals surface area contributed by atoms with Gasteiger partial charge in [-0.15, -0.1) is 12.4 Å². The third-order valence-corrected chi connectivity index (χ3v) is 3.68. The molecule has 0 atom stereocenters. The molecule has 100 valence electrons. The number of halogens is 3. The van der Waals surface area contributed by atoms with E-state index in [2.05, 4.69) is 15.9 Å². The summed E-state index contributed by atoms with van der Waals surface area (Å²) in [4.78, 5) is 13.9. The number of benzene rings is 1. The maximum Gasteiger partial charge on any atom is 0.255 e. The van der Waals surface area contributed by atoms with E-state index in [1.54, 1.807) is 11.0 Å². The molecular weight excluding hydrogens is 322 g/mol. The zero-order valence-electron chi connectivity index (χ0n) is 9.73. The zero-order chi connectivity index (χ0) is 12.4. The summed E-state index contributed by atoms with van der Waals surface area (Å²) in [6, 6.07) is 4.32. The number of carbonyl (C=O) groups is 1. The van der Waals surface area contributed by atoms with Crippen LogP contribution in [0, 0.1) is 5.82 Å². The number of rotatable bonds is 1. The van der Waals surface area contributed by atoms with Gasteiger partial charge in [0.15, 0.2) is 0 Å². The Balaban J connectivity index is 0.00000162. The summed E-state index contributed by atoms with van der Waals surface area (Å²) >= 11 is 3.27. The van der Waals surface area contributed by atoms with Gasteiger partial charge >= 0.3 is 0 Å². The van der Waals surface area contributed by atoms with Crippen molar-refractivity contribution in [2.24, 2.45) is 5.73 Å². The smallest absolute Gasteiger partial charge is 0.255 e. The molecule has 0 bridgehead atoms. The highest BCUT2D eigenvalue weighted by Gasteiger charge is 2.23. The van der Waals surface area contributed by atoms with Gasteiger partial charge in [-0.3, -0.25) is 4.79 Å². The van der Waals surface area contributed by atoms with Crippen LogP contribution >= 0.6 is 28.3 Å². The quantitative estimate of drug-likeness (QED) is 0.856. The molecule has 1 heterocycles. The van der Waals surface area contributed by atoms with Crippen molar-refractivity contribution in [3.8, 4) is 0 Å². The van der Waals surface area contributed by atoms with Gasteiger partial charge in [0.2, 0.25) is 0 Å². The van der Waals surface area contributed by atoms with Gasteiger partial charge in [0.25, 0.3) is 5.91 Å². The van der Waals surface area contributed by atoms with Crippen LogP contribution in [0.5, 0.6) is 0 Å². The number of carbonyl (C=O) groups excluding carboxylic acids is 1. The van der Waals surface area contributed by atoms with Crippen molar-refractivity contribution in [1.82, 2.24) is 4.90 Å². The first-order valence-electron chi connectivity index (χ1n) is 5.58. The average molecular weight is 338 g/mol. The second-order valence-electron chi connectivity index (χ2n) is 4.25. The maximum atomic E-state index is 13.1. The SMILES string of the molecule is Cl.NC1CCN(C(=O)c2cc(F)ccc2Br)CC1. The fourth-order valence-corrected chi connectivity index (χ4v) is 2.35. The monoisotopic (exact) mass is 336 g/mol. The number of piperidine rings is 1. The van der Waals surface area contributed by atoms with E-state index in [1.807, 2.05) is 0 Å². The molecule has 2 N–H and O–H groups in total. The molecule has 1 aliphatic heterocycles. The predicted octanol–water partition coefficient (Wildman–Crippen LogP) is 2.57. The van der Waals surface area contributed by atoms with E-state index in [0.29, 0.717) is 23.1 Å². The fourth-order valence-electron chi connectivity index (χ4n) is 1.93. The standard InChI is InChI=1S/C12H14BrFN2O.ClH/c13-11-2-1-8(14)7-10(11)12(17)16-5-3-9(15)4-6-16;/h1-2,7,9H,3-6,15H2;1H. The Morgan fingerprint density at radius 2 is 2.00 bits per heavy atom. The summed E-state index contributed by atoms with van der Waals surface area (Å²) in [5, 5.41) is 0. The lowest BCUT2D eigenvalue weighted by Crippen LogP contribution is -2.42. The zero-order valence-corrected chi connectivity index (χ0v) is 12.1. The van der Waals surface area contributed by atoms with Gasteiger partial charge in [0.1, 0.15) is 5.82 Å². The number of nitrogens with zero attached hydrogens (tertiary/aromatic N) is 1. The molecule has 1 aromatic carbocycles. The number of hydrogen-bond acceptors (Lipinski definition) is 2. The van der Waals surface area contributed by atoms with E-state index in [0.717, 1.165) is 12.8 Å². The van der Waals surface area contributed by atoms with Gasteiger partial charge in [-0.25, -0.2) is 4.39 Å². The van der Waals surface area contributed by atoms with Gasteiger partial charge in [0.05, 0.1) is 5.56 Å². The first-order valence-corrected chi connectivity index (χ1v) is 6.37. The van der Waals surface area contributed by atoms with Crippen molar-refractivity contribution in [2.75, 3.05) is 13.1 Å². The third kappa shape index (κ3) is 3.43. The second-order valence-corrected chi connectivity index (χ2v) is 5.11. The van der Waals surface area contributed by atoms with E-state index in [4.69, 9.17) is 5.73 Å². The Labute approximate surface area is 120 Å². The minimum atomic E-state index is -0.398. The van der Waals surface area contributed by atoms with Crippen LogP contribution in [0.15, 0.2) is 22.7 Å². The van der Waals surface area contributed by atoms with Crippen molar-refractivity contribution in [3.63, 3.8) is 0 Å². The molecular formula is C12H15BrClFN2O. The summed E-state index contributed by atoms with van der Waals surface area (Å²) in [6.45, 7) is 1.28. The van der Waals surface area contributed by atoms with Crippen LogP contribution in [0.2, 0.25) is 0 Å². The maximum absolute atomic E-state index is 13.1. The number of amides is 1. The molecule has 0 radical (unpaired) electrons. The minimum absolute atomic E-state index is 0. The molecule has 0 aliphatic carbocycles. The third-order valence-electron chi connectivity index (χ3n) is 2.99. The molecule has 2 rings (SSSR count). The Morgan fingerprint density at radius 1 is 1.39 bits per heavy atom. The van der Waals surface area contributed by atoms with Crippen molar-refractivity contribution >= 4 is 34.2 Å². The van der Waals surface area contributed by atoms with E-state index in [1.165, 1.54) is 12.1 Å². The van der Waals surface area contributed by atoms with Crippen LogP contribution in [0.1, 0.15) is 23.2 Å². The summed E-state index contributed by atoms with van der Waals surface area (Å²) in [7, 11) is 0. The molecule has 18 heavy (non-hydrogen) atoms. The number of nitrogens with two attached hydrogens (primary N) is 1. The van der Waals surface area contributed by atoms with Crippen LogP contribution in [-0.4, -0.2) is 29.9 Å². The molecule has 0 spiro atoms. The van der Waals surface area contributed by atoms with Gasteiger partial charge in [-0.05, 0) is 47.0 Å². The van der Waals surface area contributed by atoms with Gasteiger partial charge in [-0.1, -0.05) is 0 Å². The highest BCUT2D eigenvalue weighted by Crippen LogP contribution is 2.21. The summed E-state index contributed by atoms with van der Waals surface area (Å²) in [5.41, 5.74) is 6.16. The molecule has 6 heteroatoms. The fraction of sp³-hybridized carbons (Fsp3) is 0.417. The molecule has 0 unspecified atom stereocenters. The molecule has 0 aromatic heterocycles. The van der Waals surface area contributed by atoms with E-state index >= 15 is 0 Å². The largest absolute Gasteiger partial charge is 0.338 e. The van der Waals surface area contributed by atoms with Crippen molar-refractivity contribution in [2.45, 2.75) is 18.9 Å². The highest BCUT2D eigenvalue weighted by atomic mass is 79.9. The Kier molecular flexibility index (Phi) is 5.56. The Bertz CT molecular complexity index is 436. The summed E-state index contributed by atoms with van der Waals surface area (Å²) in [5.74, 6) is -0.534. The normalized spacial score (nSPS) is 16.3. The summed E-state index contributed by atoms with van der Waals surface area (Å²) in [6.07, 6.45) is 1.61. The number of likely N-dealkylation sites (tertiary alicyclic amines) is 1. The predicted molar refractivity (Wildman–Crippen MR) is 74.5 cm³/mol. The Hall–Kier alpha value is -0.650. The lowest BCUT2D eigenvalue weighted by Gasteiger charge is -2.30. The van der Waals surface area contributed by atoms with Crippen LogP contribution in [0.4, 0.5) is 4.39 Å². The van der Waals surface area contributed by atoms with Crippen LogP contribution in [-0.2, 0) is 0 Å². The van der Waals surface area contributed by atoms with Gasteiger partial charge < -0.3 is 10.6 Å². The van der Waals surface area contributed by atoms with Crippen LogP contribution in [0.25, 0.3) is 0 Å². The van der Waals surface area contributed by atoms with E-state index in [9.17, 15) is 9.18 Å². The molecule has 1 fully saturated rings. The average Bonchev–Trinajstić information content (AvgIpc) is 2.32. The lowest BCUT2D eigenvalue weighted by molar-refractivity contribution is 0.0713. The van der Waals surface area contributed by atoms with Gasteiger partial charge in [-0.2, -0.15) is 0 Å². The van der Waals surface area contributed by atoms with Crippen molar-refractivity contribution in [1.29, 1.82) is 0 Å². The second kappa shape index (κ2) is 6.50. The minimum Gasteiger partial charge on any atom is -0.338 e. The highest BCUT2D eigenvalue weighted by molar-refractivity contribution is 9.10. The van der Waals surface area contributed by atoms with Crippen LogP contribution in [0.3, 0.4) is 0 Å². The first kappa shape index (κ1) is 15.4. The van der Waals surface area contributed by atoms with E-state index < -0.39 is 5.82 Å². The molecule has 1 saturated heterocycles. The first-order chi connectivity index (χ1) is 8.08. The molecule has 1 aliphatic rings. The molecule has 3 nitrogen and oxygen atoms in total. The topological polar surface area (TPSA) is 46.3 Å². The Morgan fingerprint density at radius 3 is 2.61 bits per heavy atom. The van der Waals surface area contributed by atoms with Crippen molar-refractivity contribution in [3.05, 3.63) is 34.1 Å². The molecule has 1 aromatic rings.